The number of piperidine rings is 1. The van der Waals surface area contributed by atoms with Gasteiger partial charge in [-0.3, -0.25) is 19.3 Å². The molecule has 17 nitrogen and oxygen atoms in total. The number of thioether (sulfide) groups is 1. The SMILES string of the molecule is CC(C)(O/N=C(\C(=O)N[C@@H]1C(=O)N2C(C(=O)O)=C(C[N+](C)(C)C3CCN(C(=O)c4ccc(O)c(O)c4Cl)CC3)CS[C@H]12)c1csc(N)n1)C(=O)O. The largest absolute Gasteiger partial charge is 0.504 e. The molecule has 0 unspecified atom stereocenters. The lowest BCUT2D eigenvalue weighted by Gasteiger charge is -2.50. The standard InChI is InChI=1S/C31H36ClN7O10S2/c1-31(2,29(47)48)49-36-20(17-13-51-30(33)34-17)24(42)35-21-26(44)38-22(28(45)46)14(12-50-27(21)38)11-39(3,4)15-7-9-37(10-8-15)25(43)16-5-6-18(40)23(41)19(16)32/h5-6,13,15,21,27H,7-12H2,1-4H3,(H6-,33,34,35,36,40,41,42,43,45,46,47,48)/p+1/t21-,27-/m1/s1. The van der Waals surface area contributed by atoms with Gasteiger partial charge in [-0.05, 0) is 26.0 Å². The first-order valence-corrected chi connectivity index (χ1v) is 17.9. The monoisotopic (exact) mass is 766 g/mol. The summed E-state index contributed by atoms with van der Waals surface area (Å²) in [5, 5.41) is 46.2. The third kappa shape index (κ3) is 7.42. The second-order valence-electron chi connectivity index (χ2n) is 13.3. The first-order chi connectivity index (χ1) is 23.8. The number of carbonyl (C=O) groups excluding carboxylic acids is 3. The Morgan fingerprint density at radius 2 is 1.84 bits per heavy atom. The number of aliphatic carboxylic acids is 2. The maximum Gasteiger partial charge on any atom is 0.352 e. The van der Waals surface area contributed by atoms with Gasteiger partial charge in [-0.15, -0.1) is 23.1 Å². The average molecular weight is 767 g/mol. The number of rotatable bonds is 11. The summed E-state index contributed by atoms with van der Waals surface area (Å²) in [6.45, 7) is 3.54. The predicted molar refractivity (Wildman–Crippen MR) is 186 cm³/mol. The number of fused-ring (bicyclic) bond motifs is 1. The lowest BCUT2D eigenvalue weighted by atomic mass is 9.98. The van der Waals surface area contributed by atoms with Crippen LogP contribution in [0.25, 0.3) is 0 Å². The van der Waals surface area contributed by atoms with Crippen LogP contribution in [-0.4, -0.2) is 138 Å². The molecule has 1 aromatic heterocycles. The first kappa shape index (κ1) is 37.7. The van der Waals surface area contributed by atoms with E-state index in [1.165, 1.54) is 43.1 Å². The zero-order chi connectivity index (χ0) is 37.6. The molecule has 3 aliphatic heterocycles. The van der Waals surface area contributed by atoms with Crippen molar-refractivity contribution in [3.8, 4) is 11.5 Å². The molecule has 0 spiro atoms. The Morgan fingerprint density at radius 1 is 1.18 bits per heavy atom. The number of β-lactam (4-membered cyclic amide) rings is 1. The van der Waals surface area contributed by atoms with Crippen molar-refractivity contribution in [1.29, 1.82) is 0 Å². The molecular formula is C31H37ClN7O10S2+. The van der Waals surface area contributed by atoms with Gasteiger partial charge in [-0.25, -0.2) is 14.6 Å². The molecule has 0 bridgehead atoms. The lowest BCUT2D eigenvalue weighted by molar-refractivity contribution is -0.911. The number of nitrogens with two attached hydrogens (primary N) is 1. The number of benzene rings is 1. The number of nitrogen functional groups attached to an aromatic ring is 1. The number of nitrogens with zero attached hydrogens (tertiary/aromatic N) is 5. The van der Waals surface area contributed by atoms with E-state index in [-0.39, 0.29) is 44.8 Å². The Bertz CT molecular complexity index is 1850. The highest BCUT2D eigenvalue weighted by molar-refractivity contribution is 8.00. The minimum atomic E-state index is -1.79. The highest BCUT2D eigenvalue weighted by Gasteiger charge is 2.55. The number of aromatic hydroxyl groups is 2. The number of thiazole rings is 1. The predicted octanol–water partition coefficient (Wildman–Crippen LogP) is 1.49. The summed E-state index contributed by atoms with van der Waals surface area (Å²) in [6.07, 6.45) is 1.18. The number of likely N-dealkylation sites (N-methyl/N-ethyl adjacent to an activating group) is 1. The Hall–Kier alpha value is -4.59. The average Bonchev–Trinajstić information content (AvgIpc) is 3.50. The number of likely N-dealkylation sites (tertiary alicyclic amines) is 1. The second kappa shape index (κ2) is 14.2. The molecule has 0 saturated carbocycles. The number of aromatic nitrogens is 1. The van der Waals surface area contributed by atoms with Crippen LogP contribution in [0.3, 0.4) is 0 Å². The van der Waals surface area contributed by atoms with Crippen molar-refractivity contribution in [2.24, 2.45) is 5.16 Å². The first-order valence-electron chi connectivity index (χ1n) is 15.6. The number of halogens is 1. The highest BCUT2D eigenvalue weighted by atomic mass is 35.5. The summed E-state index contributed by atoms with van der Waals surface area (Å²) in [6, 6.07) is 1.48. The third-order valence-corrected chi connectivity index (χ3v) is 11.5. The van der Waals surface area contributed by atoms with E-state index in [1.54, 1.807) is 4.90 Å². The molecule has 4 heterocycles. The smallest absolute Gasteiger partial charge is 0.352 e. The van der Waals surface area contributed by atoms with Crippen molar-refractivity contribution >= 4 is 75.2 Å². The van der Waals surface area contributed by atoms with Gasteiger partial charge in [0.2, 0.25) is 5.60 Å². The Kier molecular flexibility index (Phi) is 10.5. The van der Waals surface area contributed by atoms with Crippen LogP contribution in [0.2, 0.25) is 5.02 Å². The van der Waals surface area contributed by atoms with E-state index >= 15 is 0 Å². The van der Waals surface area contributed by atoms with Crippen LogP contribution in [0, 0.1) is 0 Å². The van der Waals surface area contributed by atoms with E-state index in [4.69, 9.17) is 22.2 Å². The molecular weight excluding hydrogens is 730 g/mol. The van der Waals surface area contributed by atoms with Gasteiger partial charge in [0.25, 0.3) is 17.7 Å². The topological polar surface area (TPSA) is 245 Å². The number of oxime groups is 1. The lowest BCUT2D eigenvalue weighted by Crippen LogP contribution is -2.71. The van der Waals surface area contributed by atoms with Crippen LogP contribution in [-0.2, 0) is 24.0 Å². The molecule has 5 rings (SSSR count). The molecule has 1 aromatic carbocycles. The fourth-order valence-electron chi connectivity index (χ4n) is 6.09. The molecule has 274 valence electrons. The van der Waals surface area contributed by atoms with Crippen molar-refractivity contribution in [3.63, 3.8) is 0 Å². The quantitative estimate of drug-likeness (QED) is 0.0625. The zero-order valence-electron chi connectivity index (χ0n) is 28.0. The molecule has 3 amide bonds. The summed E-state index contributed by atoms with van der Waals surface area (Å²) >= 11 is 8.42. The number of carboxylic acids is 2. The summed E-state index contributed by atoms with van der Waals surface area (Å²) in [7, 11) is 3.92. The molecule has 2 saturated heterocycles. The van der Waals surface area contributed by atoms with Crippen molar-refractivity contribution in [3.05, 3.63) is 45.1 Å². The molecule has 51 heavy (non-hydrogen) atoms. The fraction of sp³-hybridized carbons (Fsp3) is 0.452. The molecule has 2 aromatic rings. The van der Waals surface area contributed by atoms with Gasteiger partial charge in [0, 0.05) is 42.6 Å². The van der Waals surface area contributed by atoms with E-state index in [0.29, 0.717) is 42.5 Å². The normalized spacial score (nSPS) is 20.1. The molecule has 3 aliphatic rings. The van der Waals surface area contributed by atoms with Crippen molar-refractivity contribution < 1.29 is 53.7 Å². The van der Waals surface area contributed by atoms with E-state index < -0.39 is 58.0 Å². The van der Waals surface area contributed by atoms with Crippen molar-refractivity contribution in [1.82, 2.24) is 20.1 Å². The van der Waals surface area contributed by atoms with Gasteiger partial charge in [-0.1, -0.05) is 16.8 Å². The summed E-state index contributed by atoms with van der Waals surface area (Å²) in [5.74, 6) is -5.26. The molecule has 7 N–H and O–H groups in total. The number of nitrogens with one attached hydrogen (secondary N) is 1. The van der Waals surface area contributed by atoms with Crippen LogP contribution < -0.4 is 11.1 Å². The second-order valence-corrected chi connectivity index (χ2v) is 15.7. The van der Waals surface area contributed by atoms with Gasteiger partial charge < -0.3 is 45.7 Å². The van der Waals surface area contributed by atoms with Gasteiger partial charge in [0.1, 0.15) is 29.4 Å². The maximum atomic E-state index is 13.4. The summed E-state index contributed by atoms with van der Waals surface area (Å²) in [4.78, 5) is 76.0. The number of carboxylic acid groups (broad SMARTS) is 2. The van der Waals surface area contributed by atoms with Crippen LogP contribution in [0.15, 0.2) is 33.9 Å². The number of hydrogen-bond acceptors (Lipinski definition) is 13. The van der Waals surface area contributed by atoms with E-state index in [1.807, 2.05) is 14.1 Å². The Morgan fingerprint density at radius 3 is 2.43 bits per heavy atom. The number of phenols is 2. The minimum Gasteiger partial charge on any atom is -0.504 e. The van der Waals surface area contributed by atoms with Gasteiger partial charge in [-0.2, -0.15) is 0 Å². The van der Waals surface area contributed by atoms with E-state index in [2.05, 4.69) is 15.5 Å². The molecule has 2 fully saturated rings. The molecule has 2 atom stereocenters. The van der Waals surface area contributed by atoms with Crippen LogP contribution in [0.5, 0.6) is 11.5 Å². The van der Waals surface area contributed by atoms with E-state index in [0.717, 1.165) is 16.2 Å². The molecule has 20 heteroatoms. The maximum absolute atomic E-state index is 13.4. The number of hydrogen-bond donors (Lipinski definition) is 6. The van der Waals surface area contributed by atoms with Gasteiger partial charge in [0.15, 0.2) is 22.3 Å². The summed E-state index contributed by atoms with van der Waals surface area (Å²) < 4.78 is 0.381. The van der Waals surface area contributed by atoms with Gasteiger partial charge >= 0.3 is 11.9 Å². The van der Waals surface area contributed by atoms with Crippen LogP contribution >= 0.6 is 34.7 Å². The number of phenolic OH excluding ortho intramolecular Hbond substituents is 2. The van der Waals surface area contributed by atoms with E-state index in [9.17, 15) is 44.4 Å². The fourth-order valence-corrected chi connectivity index (χ4v) is 8.22. The number of quaternary nitrogens is 1. The number of carbonyl (C=O) groups is 5. The van der Waals surface area contributed by atoms with Crippen molar-refractivity contribution in [2.45, 2.75) is 49.7 Å². The molecule has 0 aliphatic carbocycles. The zero-order valence-corrected chi connectivity index (χ0v) is 30.3. The molecule has 0 radical (unpaired) electrons. The van der Waals surface area contributed by atoms with Crippen LogP contribution in [0.4, 0.5) is 5.13 Å². The Labute approximate surface area is 304 Å². The summed E-state index contributed by atoms with van der Waals surface area (Å²) in [5.41, 5.74) is 3.99. The highest BCUT2D eigenvalue weighted by Crippen LogP contribution is 2.42. The number of anilines is 1. The minimum absolute atomic E-state index is 0.00294. The van der Waals surface area contributed by atoms with Crippen LogP contribution in [0.1, 0.15) is 42.7 Å². The van der Waals surface area contributed by atoms with Gasteiger partial charge in [0.05, 0.1) is 30.7 Å². The number of amides is 3. The Balaban J connectivity index is 1.27. The van der Waals surface area contributed by atoms with Crippen molar-refractivity contribution in [2.75, 3.05) is 45.2 Å². The third-order valence-electron chi connectivity index (χ3n) is 9.06.